The van der Waals surface area contributed by atoms with E-state index in [1.165, 1.54) is 0 Å². The van der Waals surface area contributed by atoms with Crippen molar-refractivity contribution in [1.29, 1.82) is 0 Å². The second kappa shape index (κ2) is 6.22. The third kappa shape index (κ3) is 3.69. The van der Waals surface area contributed by atoms with E-state index >= 15 is 0 Å². The number of ketones is 1. The molecule has 2 rings (SSSR count). The van der Waals surface area contributed by atoms with Crippen molar-refractivity contribution in [2.45, 2.75) is 18.9 Å². The van der Waals surface area contributed by atoms with E-state index in [0.717, 1.165) is 0 Å². The first-order valence-electron chi connectivity index (χ1n) is 6.66. The van der Waals surface area contributed by atoms with Crippen LogP contribution in [-0.2, 0) is 4.79 Å². The SMILES string of the molecule is CC(CC(=O)O)(Nc1ccccc1)C(=O)c1ccccc1. The van der Waals surface area contributed by atoms with Gasteiger partial charge >= 0.3 is 5.97 Å². The van der Waals surface area contributed by atoms with Crippen molar-refractivity contribution in [2.24, 2.45) is 0 Å². The fourth-order valence-corrected chi connectivity index (χ4v) is 2.23. The Morgan fingerprint density at radius 2 is 1.52 bits per heavy atom. The Labute approximate surface area is 123 Å². The number of nitrogens with one attached hydrogen (secondary N) is 1. The van der Waals surface area contributed by atoms with Crippen molar-refractivity contribution in [3.05, 3.63) is 66.2 Å². The monoisotopic (exact) mass is 283 g/mol. The van der Waals surface area contributed by atoms with Crippen molar-refractivity contribution in [2.75, 3.05) is 5.32 Å². The highest BCUT2D eigenvalue weighted by Crippen LogP contribution is 2.23. The van der Waals surface area contributed by atoms with E-state index in [1.807, 2.05) is 24.3 Å². The predicted octanol–water partition coefficient (Wildman–Crippen LogP) is 3.21. The highest BCUT2D eigenvalue weighted by molar-refractivity contribution is 6.06. The zero-order valence-electron chi connectivity index (χ0n) is 11.7. The molecule has 0 saturated heterocycles. The van der Waals surface area contributed by atoms with Crippen molar-refractivity contribution < 1.29 is 14.7 Å². The van der Waals surface area contributed by atoms with Gasteiger partial charge in [-0.1, -0.05) is 48.5 Å². The van der Waals surface area contributed by atoms with Gasteiger partial charge in [0.25, 0.3) is 0 Å². The standard InChI is InChI=1S/C17H17NO3/c1-17(12-15(19)20,18-14-10-6-3-7-11-14)16(21)13-8-4-2-5-9-13/h2-11,18H,12H2,1H3,(H,19,20). The van der Waals surface area contributed by atoms with Gasteiger partial charge in [0.1, 0.15) is 5.54 Å². The largest absolute Gasteiger partial charge is 0.481 e. The van der Waals surface area contributed by atoms with Crippen molar-refractivity contribution in [3.63, 3.8) is 0 Å². The van der Waals surface area contributed by atoms with Crippen LogP contribution >= 0.6 is 0 Å². The van der Waals surface area contributed by atoms with E-state index in [1.54, 1.807) is 43.3 Å². The molecule has 0 aromatic heterocycles. The summed E-state index contributed by atoms with van der Waals surface area (Å²) < 4.78 is 0. The van der Waals surface area contributed by atoms with Crippen LogP contribution in [0.25, 0.3) is 0 Å². The highest BCUT2D eigenvalue weighted by atomic mass is 16.4. The number of carboxylic acids is 1. The van der Waals surface area contributed by atoms with Gasteiger partial charge in [-0.05, 0) is 19.1 Å². The molecule has 1 atom stereocenters. The molecule has 2 N–H and O–H groups in total. The van der Waals surface area contributed by atoms with E-state index in [4.69, 9.17) is 5.11 Å². The van der Waals surface area contributed by atoms with Gasteiger partial charge in [0.15, 0.2) is 5.78 Å². The molecule has 4 heteroatoms. The molecule has 0 aliphatic rings. The molecule has 0 fully saturated rings. The molecule has 0 saturated carbocycles. The number of aliphatic carboxylic acids is 1. The number of benzene rings is 2. The highest BCUT2D eigenvalue weighted by Gasteiger charge is 2.36. The second-order valence-corrected chi connectivity index (χ2v) is 5.09. The van der Waals surface area contributed by atoms with E-state index in [0.29, 0.717) is 11.3 Å². The van der Waals surface area contributed by atoms with Crippen LogP contribution in [0.3, 0.4) is 0 Å². The Bertz CT molecular complexity index is 625. The third-order valence-electron chi connectivity index (χ3n) is 3.24. The summed E-state index contributed by atoms with van der Waals surface area (Å²) in [7, 11) is 0. The maximum Gasteiger partial charge on any atom is 0.306 e. The summed E-state index contributed by atoms with van der Waals surface area (Å²) in [4.78, 5) is 23.8. The molecule has 1 unspecified atom stereocenters. The van der Waals surface area contributed by atoms with Crippen LogP contribution in [0.2, 0.25) is 0 Å². The van der Waals surface area contributed by atoms with Crippen LogP contribution in [0.1, 0.15) is 23.7 Å². The summed E-state index contributed by atoms with van der Waals surface area (Å²) >= 11 is 0. The molecular weight excluding hydrogens is 266 g/mol. The van der Waals surface area contributed by atoms with Gasteiger partial charge < -0.3 is 10.4 Å². The summed E-state index contributed by atoms with van der Waals surface area (Å²) in [5, 5.41) is 12.2. The van der Waals surface area contributed by atoms with Gasteiger partial charge in [-0.15, -0.1) is 0 Å². The van der Waals surface area contributed by atoms with Crippen LogP contribution in [0.4, 0.5) is 5.69 Å². The number of hydrogen-bond acceptors (Lipinski definition) is 3. The molecule has 0 spiro atoms. The van der Waals surface area contributed by atoms with E-state index in [2.05, 4.69) is 5.32 Å². The van der Waals surface area contributed by atoms with Gasteiger partial charge in [-0.2, -0.15) is 0 Å². The normalized spacial score (nSPS) is 13.2. The maximum atomic E-state index is 12.7. The molecule has 21 heavy (non-hydrogen) atoms. The molecule has 2 aromatic rings. The second-order valence-electron chi connectivity index (χ2n) is 5.09. The van der Waals surface area contributed by atoms with Crippen LogP contribution in [0, 0.1) is 0 Å². The van der Waals surface area contributed by atoms with Gasteiger partial charge in [-0.25, -0.2) is 0 Å². The van der Waals surface area contributed by atoms with Gasteiger partial charge in [-0.3, -0.25) is 9.59 Å². The lowest BCUT2D eigenvalue weighted by molar-refractivity contribution is -0.137. The molecule has 0 radical (unpaired) electrons. The first-order valence-corrected chi connectivity index (χ1v) is 6.66. The molecule has 0 aliphatic heterocycles. The summed E-state index contributed by atoms with van der Waals surface area (Å²) in [6, 6.07) is 17.8. The average molecular weight is 283 g/mol. The maximum absolute atomic E-state index is 12.7. The number of anilines is 1. The summed E-state index contributed by atoms with van der Waals surface area (Å²) in [5.74, 6) is -1.26. The topological polar surface area (TPSA) is 66.4 Å². The van der Waals surface area contributed by atoms with Crippen LogP contribution in [-0.4, -0.2) is 22.4 Å². The average Bonchev–Trinajstić information content (AvgIpc) is 2.47. The molecule has 0 aliphatic carbocycles. The van der Waals surface area contributed by atoms with Gasteiger partial charge in [0.2, 0.25) is 0 Å². The summed E-state index contributed by atoms with van der Waals surface area (Å²) in [6.07, 6.45) is -0.296. The number of rotatable bonds is 6. The summed E-state index contributed by atoms with van der Waals surface area (Å²) in [5.41, 5.74) is 0.00404. The fraction of sp³-hybridized carbons (Fsp3) is 0.176. The fourth-order valence-electron chi connectivity index (χ4n) is 2.23. The molecule has 2 aromatic carbocycles. The number of hydrogen-bond donors (Lipinski definition) is 2. The molecule has 0 heterocycles. The summed E-state index contributed by atoms with van der Waals surface area (Å²) in [6.45, 7) is 1.61. The van der Waals surface area contributed by atoms with Crippen molar-refractivity contribution in [1.82, 2.24) is 0 Å². The van der Waals surface area contributed by atoms with Crippen LogP contribution < -0.4 is 5.32 Å². The minimum Gasteiger partial charge on any atom is -0.481 e. The Kier molecular flexibility index (Phi) is 4.38. The zero-order chi connectivity index (χ0) is 15.3. The molecular formula is C17H17NO3. The number of para-hydroxylation sites is 1. The first-order chi connectivity index (χ1) is 10.0. The van der Waals surface area contributed by atoms with E-state index in [-0.39, 0.29) is 12.2 Å². The molecule has 108 valence electrons. The number of carbonyl (C=O) groups excluding carboxylic acids is 1. The Balaban J connectivity index is 2.33. The Hall–Kier alpha value is -2.62. The number of carboxylic acid groups (broad SMARTS) is 1. The van der Waals surface area contributed by atoms with Crippen LogP contribution in [0.15, 0.2) is 60.7 Å². The molecule has 0 bridgehead atoms. The first kappa shape index (κ1) is 14.8. The lowest BCUT2D eigenvalue weighted by Gasteiger charge is -2.29. The van der Waals surface area contributed by atoms with E-state index in [9.17, 15) is 9.59 Å². The lowest BCUT2D eigenvalue weighted by Crippen LogP contribution is -2.45. The Morgan fingerprint density at radius 3 is 2.05 bits per heavy atom. The quantitative estimate of drug-likeness (QED) is 0.799. The number of Topliss-reactive ketones (excluding diaryl/α,β-unsaturated/α-hetero) is 1. The van der Waals surface area contributed by atoms with Gasteiger partial charge in [0.05, 0.1) is 6.42 Å². The minimum absolute atomic E-state index is 0.241. The van der Waals surface area contributed by atoms with Crippen molar-refractivity contribution >= 4 is 17.4 Å². The lowest BCUT2D eigenvalue weighted by atomic mass is 9.87. The Morgan fingerprint density at radius 1 is 1.00 bits per heavy atom. The minimum atomic E-state index is -1.20. The predicted molar refractivity (Wildman–Crippen MR) is 81.5 cm³/mol. The molecule has 4 nitrogen and oxygen atoms in total. The smallest absolute Gasteiger partial charge is 0.306 e. The number of carbonyl (C=O) groups is 2. The third-order valence-corrected chi connectivity index (χ3v) is 3.24. The zero-order valence-corrected chi connectivity index (χ0v) is 11.7. The van der Waals surface area contributed by atoms with Crippen molar-refractivity contribution in [3.8, 4) is 0 Å². The van der Waals surface area contributed by atoms with Gasteiger partial charge in [0, 0.05) is 11.3 Å². The van der Waals surface area contributed by atoms with E-state index < -0.39 is 11.5 Å². The molecule has 0 amide bonds. The van der Waals surface area contributed by atoms with Crippen LogP contribution in [0.5, 0.6) is 0 Å².